The predicted molar refractivity (Wildman–Crippen MR) is 138 cm³/mol. The fraction of sp³-hybridized carbons (Fsp3) is 0.440. The molecule has 1 unspecified atom stereocenters. The van der Waals surface area contributed by atoms with Crippen molar-refractivity contribution < 1.29 is 32.3 Å². The predicted octanol–water partition coefficient (Wildman–Crippen LogP) is 2.81. The number of carbonyl (C=O) groups is 3. The molecule has 1 aliphatic rings. The highest BCUT2D eigenvalue weighted by Gasteiger charge is 2.29. The van der Waals surface area contributed by atoms with E-state index in [2.05, 4.69) is 20.3 Å². The lowest BCUT2D eigenvalue weighted by molar-refractivity contribution is -0.118. The molecule has 1 aliphatic heterocycles. The number of benzene rings is 1. The van der Waals surface area contributed by atoms with E-state index in [9.17, 15) is 32.3 Å². The SMILES string of the molecule is CC(C)(C)NS(=O)(=O)c1ccc(NC(=O)C(CC2CCN(C(=O)O)CC2)NC(=O)c2ccc(F)cn2)cc1. The number of pyridine rings is 1. The number of amides is 3. The van der Waals surface area contributed by atoms with Crippen LogP contribution in [0.4, 0.5) is 14.9 Å². The van der Waals surface area contributed by atoms with Crippen molar-refractivity contribution in [3.63, 3.8) is 0 Å². The Balaban J connectivity index is 1.73. The van der Waals surface area contributed by atoms with Gasteiger partial charge in [-0.15, -0.1) is 0 Å². The highest BCUT2D eigenvalue weighted by Crippen LogP contribution is 2.23. The molecule has 2 heterocycles. The number of rotatable bonds is 8. The van der Waals surface area contributed by atoms with E-state index in [1.165, 1.54) is 35.2 Å². The van der Waals surface area contributed by atoms with Gasteiger partial charge in [0.15, 0.2) is 0 Å². The van der Waals surface area contributed by atoms with Crippen molar-refractivity contribution >= 4 is 33.6 Å². The lowest BCUT2D eigenvalue weighted by Crippen LogP contribution is -2.46. The Kier molecular flexibility index (Phi) is 9.05. The minimum absolute atomic E-state index is 0.0289. The van der Waals surface area contributed by atoms with E-state index < -0.39 is 45.3 Å². The molecule has 1 fully saturated rings. The van der Waals surface area contributed by atoms with Gasteiger partial charge < -0.3 is 20.6 Å². The average molecular weight is 550 g/mol. The van der Waals surface area contributed by atoms with E-state index >= 15 is 0 Å². The van der Waals surface area contributed by atoms with E-state index in [1.807, 2.05) is 0 Å². The summed E-state index contributed by atoms with van der Waals surface area (Å²) < 4.78 is 40.8. The van der Waals surface area contributed by atoms with Crippen molar-refractivity contribution in [3.8, 4) is 0 Å². The van der Waals surface area contributed by atoms with Crippen LogP contribution in [0, 0.1) is 11.7 Å². The summed E-state index contributed by atoms with van der Waals surface area (Å²) in [6, 6.07) is 6.91. The van der Waals surface area contributed by atoms with Crippen LogP contribution in [-0.4, -0.2) is 66.0 Å². The number of nitrogens with one attached hydrogen (secondary N) is 3. The first-order valence-electron chi connectivity index (χ1n) is 12.1. The Morgan fingerprint density at radius 3 is 2.26 bits per heavy atom. The molecule has 0 saturated carbocycles. The Bertz CT molecular complexity index is 1250. The maximum Gasteiger partial charge on any atom is 0.407 e. The molecule has 0 spiro atoms. The molecule has 3 amide bonds. The molecule has 0 aliphatic carbocycles. The standard InChI is InChI=1S/C25H32FN5O6S/c1-25(2,3)30-38(36,37)19-7-5-18(6-8-19)28-23(33)21(14-16-10-12-31(13-11-16)24(34)35)29-22(32)20-9-4-17(26)15-27-20/h4-9,15-16,21,30H,10-14H2,1-3H3,(H,28,33)(H,29,32)(H,34,35). The molecule has 11 nitrogen and oxygen atoms in total. The molecule has 206 valence electrons. The van der Waals surface area contributed by atoms with Crippen molar-refractivity contribution in [2.45, 2.75) is 56.5 Å². The van der Waals surface area contributed by atoms with Crippen LogP contribution in [0.3, 0.4) is 0 Å². The van der Waals surface area contributed by atoms with E-state index in [0.29, 0.717) is 31.6 Å². The smallest absolute Gasteiger partial charge is 0.407 e. The second-order valence-corrected chi connectivity index (χ2v) is 11.9. The third-order valence-corrected chi connectivity index (χ3v) is 7.68. The number of hydrogen-bond acceptors (Lipinski definition) is 6. The second kappa shape index (κ2) is 11.9. The molecule has 1 saturated heterocycles. The normalized spacial score (nSPS) is 15.5. The van der Waals surface area contributed by atoms with Crippen molar-refractivity contribution in [1.29, 1.82) is 0 Å². The van der Waals surface area contributed by atoms with Crippen molar-refractivity contribution in [2.24, 2.45) is 5.92 Å². The third kappa shape index (κ3) is 8.21. The molecule has 4 N–H and O–H groups in total. The van der Waals surface area contributed by atoms with Crippen LogP contribution >= 0.6 is 0 Å². The van der Waals surface area contributed by atoms with Gasteiger partial charge >= 0.3 is 6.09 Å². The topological polar surface area (TPSA) is 158 Å². The molecule has 1 aromatic carbocycles. The molecule has 1 aromatic heterocycles. The monoisotopic (exact) mass is 549 g/mol. The minimum atomic E-state index is -3.76. The van der Waals surface area contributed by atoms with Crippen LogP contribution < -0.4 is 15.4 Å². The van der Waals surface area contributed by atoms with Gasteiger partial charge in [0.25, 0.3) is 5.91 Å². The molecule has 38 heavy (non-hydrogen) atoms. The maximum absolute atomic E-state index is 13.2. The zero-order valence-corrected chi connectivity index (χ0v) is 22.2. The van der Waals surface area contributed by atoms with Gasteiger partial charge in [-0.2, -0.15) is 0 Å². The van der Waals surface area contributed by atoms with Gasteiger partial charge in [-0.1, -0.05) is 0 Å². The maximum atomic E-state index is 13.2. The first-order valence-corrected chi connectivity index (χ1v) is 13.6. The van der Waals surface area contributed by atoms with Gasteiger partial charge in [-0.05, 0) is 82.3 Å². The number of carbonyl (C=O) groups excluding carboxylic acids is 2. The van der Waals surface area contributed by atoms with E-state index in [1.54, 1.807) is 20.8 Å². The summed E-state index contributed by atoms with van der Waals surface area (Å²) in [7, 11) is -3.76. The summed E-state index contributed by atoms with van der Waals surface area (Å²) in [5.41, 5.74) is -0.410. The van der Waals surface area contributed by atoms with E-state index in [4.69, 9.17) is 0 Å². The number of anilines is 1. The quantitative estimate of drug-likeness (QED) is 0.394. The number of piperidine rings is 1. The van der Waals surface area contributed by atoms with Crippen LogP contribution in [-0.2, 0) is 14.8 Å². The summed E-state index contributed by atoms with van der Waals surface area (Å²) in [4.78, 5) is 42.2. The molecule has 2 aromatic rings. The molecule has 0 bridgehead atoms. The lowest BCUT2D eigenvalue weighted by Gasteiger charge is -2.32. The van der Waals surface area contributed by atoms with Crippen LogP contribution in [0.1, 0.15) is 50.5 Å². The Morgan fingerprint density at radius 1 is 1.11 bits per heavy atom. The number of hydrogen-bond donors (Lipinski definition) is 4. The van der Waals surface area contributed by atoms with Gasteiger partial charge in [0.2, 0.25) is 15.9 Å². The van der Waals surface area contributed by atoms with Gasteiger partial charge in [0.05, 0.1) is 11.1 Å². The molecule has 1 atom stereocenters. The summed E-state index contributed by atoms with van der Waals surface area (Å²) in [5.74, 6) is -1.84. The van der Waals surface area contributed by atoms with E-state index in [-0.39, 0.29) is 22.9 Å². The molecule has 13 heteroatoms. The fourth-order valence-corrected chi connectivity index (χ4v) is 5.49. The van der Waals surface area contributed by atoms with Crippen molar-refractivity contribution in [1.82, 2.24) is 19.9 Å². The lowest BCUT2D eigenvalue weighted by atomic mass is 9.90. The van der Waals surface area contributed by atoms with Gasteiger partial charge in [-0.3, -0.25) is 9.59 Å². The summed E-state index contributed by atoms with van der Waals surface area (Å²) in [6.07, 6.45) is 1.18. The van der Waals surface area contributed by atoms with Crippen LogP contribution in [0.2, 0.25) is 0 Å². The number of nitrogens with zero attached hydrogens (tertiary/aromatic N) is 2. The zero-order valence-electron chi connectivity index (χ0n) is 21.4. The van der Waals surface area contributed by atoms with Crippen LogP contribution in [0.5, 0.6) is 0 Å². The highest BCUT2D eigenvalue weighted by atomic mass is 32.2. The summed E-state index contributed by atoms with van der Waals surface area (Å²) in [5, 5.41) is 14.5. The van der Waals surface area contributed by atoms with Crippen molar-refractivity contribution in [3.05, 3.63) is 54.1 Å². The van der Waals surface area contributed by atoms with Gasteiger partial charge in [-0.25, -0.2) is 27.3 Å². The number of halogens is 1. The largest absolute Gasteiger partial charge is 0.465 e. The first-order chi connectivity index (χ1) is 17.7. The van der Waals surface area contributed by atoms with Gasteiger partial charge in [0.1, 0.15) is 17.6 Å². The number of carboxylic acid groups (broad SMARTS) is 1. The summed E-state index contributed by atoms with van der Waals surface area (Å²) >= 11 is 0. The van der Waals surface area contributed by atoms with Crippen molar-refractivity contribution in [2.75, 3.05) is 18.4 Å². The Labute approximate surface area is 220 Å². The van der Waals surface area contributed by atoms with E-state index in [0.717, 1.165) is 12.3 Å². The minimum Gasteiger partial charge on any atom is -0.465 e. The molecular weight excluding hydrogens is 517 g/mol. The highest BCUT2D eigenvalue weighted by molar-refractivity contribution is 7.89. The molecular formula is C25H32FN5O6S. The zero-order chi connectivity index (χ0) is 28.1. The first kappa shape index (κ1) is 29.0. The summed E-state index contributed by atoms with van der Waals surface area (Å²) in [6.45, 7) is 5.81. The number of sulfonamides is 1. The molecule has 0 radical (unpaired) electrons. The Morgan fingerprint density at radius 2 is 1.74 bits per heavy atom. The number of aromatic nitrogens is 1. The Hall–Kier alpha value is -3.58. The fourth-order valence-electron chi connectivity index (χ4n) is 4.08. The van der Waals surface area contributed by atoms with Crippen LogP contribution in [0.15, 0.2) is 47.5 Å². The second-order valence-electron chi connectivity index (χ2n) is 10.2. The van der Waals surface area contributed by atoms with Crippen LogP contribution in [0.25, 0.3) is 0 Å². The van der Waals surface area contributed by atoms with Gasteiger partial charge in [0, 0.05) is 24.3 Å². The third-order valence-electron chi connectivity index (χ3n) is 5.91. The average Bonchev–Trinajstić information content (AvgIpc) is 2.83. The molecule has 3 rings (SSSR count). The number of likely N-dealkylation sites (tertiary alicyclic amines) is 1.